The summed E-state index contributed by atoms with van der Waals surface area (Å²) >= 11 is 3.44. The molecule has 1 unspecified atom stereocenters. The Labute approximate surface area is 170 Å². The Kier molecular flexibility index (Phi) is 12.1. The van der Waals surface area contributed by atoms with E-state index >= 15 is 0 Å². The molecule has 0 aromatic heterocycles. The number of carbonyl (C=O) groups is 1. The summed E-state index contributed by atoms with van der Waals surface area (Å²) in [6, 6.07) is 8.43. The maximum atomic E-state index is 11.8. The normalized spacial score (nSPS) is 12.1. The molecule has 0 aliphatic carbocycles. The second-order valence-corrected chi connectivity index (χ2v) is 6.50. The molecule has 0 spiro atoms. The Hall–Kier alpha value is -0.830. The molecule has 0 radical (unpaired) electrons. The first kappa shape index (κ1) is 23.2. The molecule has 0 heterocycles. The van der Waals surface area contributed by atoms with Crippen LogP contribution in [0, 0.1) is 0 Å². The highest BCUT2D eigenvalue weighted by atomic mass is 127. The fourth-order valence-electron chi connectivity index (χ4n) is 2.06. The summed E-state index contributed by atoms with van der Waals surface area (Å²) in [5.74, 6) is 0.849. The van der Waals surface area contributed by atoms with Gasteiger partial charge in [0.15, 0.2) is 5.96 Å². The smallest absolute Gasteiger partial charge is 0.221 e. The van der Waals surface area contributed by atoms with E-state index in [-0.39, 0.29) is 35.9 Å². The van der Waals surface area contributed by atoms with Gasteiger partial charge in [0.2, 0.25) is 5.91 Å². The van der Waals surface area contributed by atoms with Crippen LogP contribution in [-0.2, 0) is 11.3 Å². The largest absolute Gasteiger partial charge is 0.356 e. The van der Waals surface area contributed by atoms with E-state index in [1.165, 1.54) is 5.56 Å². The van der Waals surface area contributed by atoms with Gasteiger partial charge < -0.3 is 15.5 Å². The number of carbonyl (C=O) groups excluding carboxylic acids is 1. The summed E-state index contributed by atoms with van der Waals surface area (Å²) in [6.07, 6.45) is 1.38. The van der Waals surface area contributed by atoms with Crippen molar-refractivity contribution in [3.05, 3.63) is 34.3 Å². The quantitative estimate of drug-likeness (QED) is 0.336. The third-order valence-electron chi connectivity index (χ3n) is 3.56. The number of rotatable bonds is 7. The molecule has 1 rings (SSSR count). The maximum Gasteiger partial charge on any atom is 0.221 e. The van der Waals surface area contributed by atoms with Crippen molar-refractivity contribution in [2.45, 2.75) is 39.3 Å². The molecule has 7 heteroatoms. The van der Waals surface area contributed by atoms with Crippen molar-refractivity contribution in [3.8, 4) is 0 Å². The predicted octanol–water partition coefficient (Wildman–Crippen LogP) is 3.38. The van der Waals surface area contributed by atoms with Crippen molar-refractivity contribution in [3.63, 3.8) is 0 Å². The number of nitrogens with zero attached hydrogens (tertiary/aromatic N) is 2. The summed E-state index contributed by atoms with van der Waals surface area (Å²) in [5, 5.41) is 6.19. The van der Waals surface area contributed by atoms with Gasteiger partial charge in [0, 0.05) is 44.1 Å². The summed E-state index contributed by atoms with van der Waals surface area (Å²) in [4.78, 5) is 18.1. The van der Waals surface area contributed by atoms with E-state index in [1.54, 1.807) is 7.05 Å². The van der Waals surface area contributed by atoms with E-state index in [9.17, 15) is 4.79 Å². The third kappa shape index (κ3) is 8.86. The van der Waals surface area contributed by atoms with E-state index in [2.05, 4.69) is 50.6 Å². The van der Waals surface area contributed by atoms with E-state index in [0.717, 1.165) is 23.4 Å². The van der Waals surface area contributed by atoms with Crippen molar-refractivity contribution in [1.82, 2.24) is 15.5 Å². The van der Waals surface area contributed by atoms with E-state index in [1.807, 2.05) is 31.0 Å². The summed E-state index contributed by atoms with van der Waals surface area (Å²) in [6.45, 7) is 5.39. The van der Waals surface area contributed by atoms with Gasteiger partial charge in [0.25, 0.3) is 0 Å². The van der Waals surface area contributed by atoms with Gasteiger partial charge in [-0.25, -0.2) is 0 Å². The molecule has 1 amide bonds. The predicted molar refractivity (Wildman–Crippen MR) is 115 cm³/mol. The lowest BCUT2D eigenvalue weighted by atomic mass is 10.2. The molecule has 2 N–H and O–H groups in total. The van der Waals surface area contributed by atoms with Crippen LogP contribution in [0.1, 0.15) is 32.3 Å². The number of nitrogens with one attached hydrogen (secondary N) is 2. The van der Waals surface area contributed by atoms with Gasteiger partial charge in [-0.1, -0.05) is 35.0 Å². The first-order valence-electron chi connectivity index (χ1n) is 7.91. The molecule has 24 heavy (non-hydrogen) atoms. The molecule has 0 fully saturated rings. The van der Waals surface area contributed by atoms with Crippen LogP contribution in [0.2, 0.25) is 0 Å². The van der Waals surface area contributed by atoms with Crippen LogP contribution in [0.25, 0.3) is 0 Å². The third-order valence-corrected chi connectivity index (χ3v) is 4.09. The molecule has 1 atom stereocenters. The molecular weight excluding hydrogens is 483 g/mol. The topological polar surface area (TPSA) is 56.7 Å². The van der Waals surface area contributed by atoms with Gasteiger partial charge >= 0.3 is 0 Å². The van der Waals surface area contributed by atoms with Crippen molar-refractivity contribution in [2.75, 3.05) is 20.6 Å². The van der Waals surface area contributed by atoms with E-state index in [4.69, 9.17) is 0 Å². The van der Waals surface area contributed by atoms with Crippen molar-refractivity contribution in [1.29, 1.82) is 0 Å². The van der Waals surface area contributed by atoms with Gasteiger partial charge in [-0.15, -0.1) is 24.0 Å². The van der Waals surface area contributed by atoms with Crippen molar-refractivity contribution < 1.29 is 4.79 Å². The minimum absolute atomic E-state index is 0. The summed E-state index contributed by atoms with van der Waals surface area (Å²) in [5.41, 5.74) is 1.20. The molecule has 5 nitrogen and oxygen atoms in total. The van der Waals surface area contributed by atoms with Crippen LogP contribution in [0.3, 0.4) is 0 Å². The highest BCUT2D eigenvalue weighted by Gasteiger charge is 2.09. The molecule has 0 bridgehead atoms. The maximum absolute atomic E-state index is 11.8. The second-order valence-electron chi connectivity index (χ2n) is 5.58. The van der Waals surface area contributed by atoms with Crippen LogP contribution < -0.4 is 10.6 Å². The highest BCUT2D eigenvalue weighted by Crippen LogP contribution is 2.11. The Morgan fingerprint density at radius 2 is 1.96 bits per heavy atom. The van der Waals surface area contributed by atoms with Gasteiger partial charge in [-0.3, -0.25) is 9.79 Å². The number of benzene rings is 1. The van der Waals surface area contributed by atoms with Crippen LogP contribution in [0.5, 0.6) is 0 Å². The number of aliphatic imine (C=N–C) groups is 1. The standard InChI is InChI=1S/C17H27BrN4O.HI/c1-5-13(2)21-16(23)10-11-20-17(19-3)22(4)12-14-6-8-15(18)9-7-14;/h6-9,13H,5,10-12H2,1-4H3,(H,19,20)(H,21,23);1H. The highest BCUT2D eigenvalue weighted by molar-refractivity contribution is 14.0. The van der Waals surface area contributed by atoms with Gasteiger partial charge in [0.1, 0.15) is 0 Å². The van der Waals surface area contributed by atoms with Crippen LogP contribution in [0.4, 0.5) is 0 Å². The molecule has 136 valence electrons. The number of hydrogen-bond acceptors (Lipinski definition) is 2. The van der Waals surface area contributed by atoms with Gasteiger partial charge in [-0.05, 0) is 31.0 Å². The Morgan fingerprint density at radius 3 is 2.50 bits per heavy atom. The number of guanidine groups is 1. The second kappa shape index (κ2) is 12.5. The zero-order valence-corrected chi connectivity index (χ0v) is 18.7. The van der Waals surface area contributed by atoms with Crippen molar-refractivity contribution in [2.24, 2.45) is 4.99 Å². The Balaban J connectivity index is 0.00000529. The zero-order valence-electron chi connectivity index (χ0n) is 14.8. The Bertz CT molecular complexity index is 522. The van der Waals surface area contributed by atoms with Crippen LogP contribution in [0.15, 0.2) is 33.7 Å². The molecular formula is C17H28BrIN4O. The first-order valence-corrected chi connectivity index (χ1v) is 8.71. The zero-order chi connectivity index (χ0) is 17.2. The fourth-order valence-corrected chi connectivity index (χ4v) is 2.32. The average molecular weight is 511 g/mol. The molecule has 0 saturated carbocycles. The molecule has 0 aliphatic heterocycles. The molecule has 1 aromatic carbocycles. The lowest BCUT2D eigenvalue weighted by Gasteiger charge is -2.22. The molecule has 1 aromatic rings. The minimum Gasteiger partial charge on any atom is -0.356 e. The van der Waals surface area contributed by atoms with Gasteiger partial charge in [0.05, 0.1) is 0 Å². The molecule has 0 saturated heterocycles. The summed E-state index contributed by atoms with van der Waals surface area (Å²) in [7, 11) is 3.73. The van der Waals surface area contributed by atoms with Crippen LogP contribution >= 0.6 is 39.9 Å². The lowest BCUT2D eigenvalue weighted by Crippen LogP contribution is -2.41. The first-order chi connectivity index (χ1) is 11.0. The molecule has 0 aliphatic rings. The van der Waals surface area contributed by atoms with E-state index in [0.29, 0.717) is 13.0 Å². The Morgan fingerprint density at radius 1 is 1.33 bits per heavy atom. The summed E-state index contributed by atoms with van der Waals surface area (Å²) < 4.78 is 1.07. The number of amides is 1. The van der Waals surface area contributed by atoms with Crippen molar-refractivity contribution >= 4 is 51.8 Å². The minimum atomic E-state index is 0. The van der Waals surface area contributed by atoms with E-state index < -0.39 is 0 Å². The van der Waals surface area contributed by atoms with Crippen LogP contribution in [-0.4, -0.2) is 43.4 Å². The average Bonchev–Trinajstić information content (AvgIpc) is 2.53. The fraction of sp³-hybridized carbons (Fsp3) is 0.529. The van der Waals surface area contributed by atoms with Gasteiger partial charge in [-0.2, -0.15) is 0 Å². The monoisotopic (exact) mass is 510 g/mol. The number of halogens is 2. The lowest BCUT2D eigenvalue weighted by molar-refractivity contribution is -0.121. The SMILES string of the molecule is CCC(C)NC(=O)CCNC(=NC)N(C)Cc1ccc(Br)cc1.I. The number of hydrogen-bond donors (Lipinski definition) is 2.